The largest absolute Gasteiger partial charge is 0.383 e. The highest BCUT2D eigenvalue weighted by Crippen LogP contribution is 2.41. The molecule has 0 aromatic carbocycles. The van der Waals surface area contributed by atoms with Crippen molar-refractivity contribution >= 4 is 13.5 Å². The lowest BCUT2D eigenvalue weighted by molar-refractivity contribution is -0.130. The molecule has 0 bridgehead atoms. The molecule has 1 amide bonds. The summed E-state index contributed by atoms with van der Waals surface area (Å²) in [6, 6.07) is -0.0703. The first kappa shape index (κ1) is 13.6. The summed E-state index contributed by atoms with van der Waals surface area (Å²) in [5.41, 5.74) is 0. The summed E-state index contributed by atoms with van der Waals surface area (Å²) < 4.78 is 21.1. The summed E-state index contributed by atoms with van der Waals surface area (Å²) in [6.07, 6.45) is 0.149. The van der Waals surface area contributed by atoms with Crippen molar-refractivity contribution in [2.45, 2.75) is 25.5 Å². The fourth-order valence-electron chi connectivity index (χ4n) is 1.96. The Labute approximate surface area is 95.1 Å². The molecule has 1 rings (SSSR count). The third kappa shape index (κ3) is 3.87. The van der Waals surface area contributed by atoms with Gasteiger partial charge in [0.1, 0.15) is 0 Å². The van der Waals surface area contributed by atoms with Gasteiger partial charge in [0.2, 0.25) is 5.91 Å². The maximum atomic E-state index is 11.3. The normalized spacial score (nSPS) is 29.1. The molecule has 0 radical (unpaired) electrons. The summed E-state index contributed by atoms with van der Waals surface area (Å²) in [6.45, 7) is 3.38. The standard InChI is InChI=1S/C9H18NO5P/c1-7(11)10-5-9(15-16(3,12)13)4-8(10)6-14-2/h8-9H,4-6H2,1-3H3,(H,12,13)/t8-,9+/m0/s1. The number of carbonyl (C=O) groups excluding carboxylic acids is 1. The van der Waals surface area contributed by atoms with Gasteiger partial charge in [-0.2, -0.15) is 0 Å². The lowest BCUT2D eigenvalue weighted by atomic mass is 10.2. The summed E-state index contributed by atoms with van der Waals surface area (Å²) >= 11 is 0. The van der Waals surface area contributed by atoms with E-state index in [9.17, 15) is 9.36 Å². The molecular weight excluding hydrogens is 233 g/mol. The van der Waals surface area contributed by atoms with Crippen molar-refractivity contribution in [2.24, 2.45) is 0 Å². The van der Waals surface area contributed by atoms with E-state index in [1.54, 1.807) is 12.0 Å². The Morgan fingerprint density at radius 3 is 2.69 bits per heavy atom. The molecule has 0 spiro atoms. The van der Waals surface area contributed by atoms with Crippen LogP contribution in [-0.4, -0.2) is 54.8 Å². The number of hydrogen-bond acceptors (Lipinski definition) is 4. The van der Waals surface area contributed by atoms with Crippen molar-refractivity contribution in [3.05, 3.63) is 0 Å². The van der Waals surface area contributed by atoms with E-state index in [4.69, 9.17) is 14.2 Å². The molecule has 0 aromatic heterocycles. The van der Waals surface area contributed by atoms with Crippen LogP contribution in [-0.2, 0) is 18.6 Å². The molecule has 3 atom stereocenters. The van der Waals surface area contributed by atoms with E-state index in [0.29, 0.717) is 19.6 Å². The molecule has 1 unspecified atom stereocenters. The minimum Gasteiger partial charge on any atom is -0.383 e. The van der Waals surface area contributed by atoms with Crippen molar-refractivity contribution < 1.29 is 23.5 Å². The lowest BCUT2D eigenvalue weighted by Crippen LogP contribution is -2.36. The van der Waals surface area contributed by atoms with Gasteiger partial charge in [0.15, 0.2) is 0 Å². The van der Waals surface area contributed by atoms with Crippen LogP contribution in [0, 0.1) is 0 Å². The molecule has 1 aliphatic rings. The predicted molar refractivity (Wildman–Crippen MR) is 58.3 cm³/mol. The van der Waals surface area contributed by atoms with E-state index in [1.807, 2.05) is 0 Å². The quantitative estimate of drug-likeness (QED) is 0.734. The highest BCUT2D eigenvalue weighted by atomic mass is 31.2. The number of ether oxygens (including phenoxy) is 1. The second-order valence-corrected chi connectivity index (χ2v) is 5.86. The van der Waals surface area contributed by atoms with Gasteiger partial charge in [-0.1, -0.05) is 0 Å². The van der Waals surface area contributed by atoms with Crippen LogP contribution < -0.4 is 0 Å². The Kier molecular flexibility index (Phi) is 4.50. The molecule has 1 heterocycles. The summed E-state index contributed by atoms with van der Waals surface area (Å²) in [5, 5.41) is 0. The van der Waals surface area contributed by atoms with Crippen LogP contribution >= 0.6 is 7.60 Å². The Hall–Kier alpha value is -0.420. The molecule has 94 valence electrons. The summed E-state index contributed by atoms with van der Waals surface area (Å²) in [5.74, 6) is -0.0722. The lowest BCUT2D eigenvalue weighted by Gasteiger charge is -2.21. The zero-order valence-corrected chi connectivity index (χ0v) is 10.6. The number of nitrogens with zero attached hydrogens (tertiary/aromatic N) is 1. The molecule has 16 heavy (non-hydrogen) atoms. The Morgan fingerprint density at radius 1 is 1.62 bits per heavy atom. The first-order chi connectivity index (χ1) is 7.33. The third-order valence-electron chi connectivity index (χ3n) is 2.48. The monoisotopic (exact) mass is 251 g/mol. The fraction of sp³-hybridized carbons (Fsp3) is 0.889. The fourth-order valence-corrected chi connectivity index (χ4v) is 2.67. The molecule has 1 saturated heterocycles. The van der Waals surface area contributed by atoms with Gasteiger partial charge in [0.05, 0.1) is 18.8 Å². The topological polar surface area (TPSA) is 76.1 Å². The summed E-state index contributed by atoms with van der Waals surface area (Å²) in [7, 11) is -1.94. The maximum Gasteiger partial charge on any atom is 0.325 e. The number of methoxy groups -OCH3 is 1. The predicted octanol–water partition coefficient (Wildman–Crippen LogP) is 0.454. The Morgan fingerprint density at radius 2 is 2.25 bits per heavy atom. The van der Waals surface area contributed by atoms with E-state index in [-0.39, 0.29) is 18.1 Å². The molecule has 6 nitrogen and oxygen atoms in total. The van der Waals surface area contributed by atoms with Crippen LogP contribution in [0.4, 0.5) is 0 Å². The number of rotatable bonds is 4. The second kappa shape index (κ2) is 5.27. The van der Waals surface area contributed by atoms with Crippen LogP contribution in [0.1, 0.15) is 13.3 Å². The van der Waals surface area contributed by atoms with Crippen molar-refractivity contribution in [2.75, 3.05) is 26.9 Å². The average molecular weight is 251 g/mol. The molecule has 1 fully saturated rings. The van der Waals surface area contributed by atoms with Gasteiger partial charge in [0, 0.05) is 27.2 Å². The van der Waals surface area contributed by atoms with Crippen LogP contribution in [0.25, 0.3) is 0 Å². The second-order valence-electron chi connectivity index (χ2n) is 4.05. The van der Waals surface area contributed by atoms with Crippen molar-refractivity contribution in [1.29, 1.82) is 0 Å². The van der Waals surface area contributed by atoms with E-state index in [1.165, 1.54) is 6.92 Å². The average Bonchev–Trinajstić information content (AvgIpc) is 2.45. The van der Waals surface area contributed by atoms with Crippen LogP contribution in [0.2, 0.25) is 0 Å². The Bertz CT molecular complexity index is 302. The number of hydrogen-bond donors (Lipinski definition) is 1. The number of amides is 1. The molecule has 0 saturated carbocycles. The van der Waals surface area contributed by atoms with Gasteiger partial charge in [-0.25, -0.2) is 0 Å². The van der Waals surface area contributed by atoms with E-state index >= 15 is 0 Å². The number of likely N-dealkylation sites (tertiary alicyclic amines) is 1. The molecule has 1 N–H and O–H groups in total. The third-order valence-corrected chi connectivity index (χ3v) is 3.17. The zero-order valence-electron chi connectivity index (χ0n) is 9.75. The van der Waals surface area contributed by atoms with Crippen molar-refractivity contribution in [3.8, 4) is 0 Å². The molecular formula is C9H18NO5P. The van der Waals surface area contributed by atoms with Crippen LogP contribution in [0.5, 0.6) is 0 Å². The maximum absolute atomic E-state index is 11.3. The first-order valence-corrected chi connectivity index (χ1v) is 7.10. The first-order valence-electron chi connectivity index (χ1n) is 5.08. The van der Waals surface area contributed by atoms with Gasteiger partial charge in [-0.15, -0.1) is 0 Å². The van der Waals surface area contributed by atoms with Crippen molar-refractivity contribution in [1.82, 2.24) is 4.90 Å². The van der Waals surface area contributed by atoms with E-state index < -0.39 is 7.60 Å². The molecule has 7 heteroatoms. The van der Waals surface area contributed by atoms with Gasteiger partial charge in [-0.05, 0) is 6.42 Å². The van der Waals surface area contributed by atoms with Crippen LogP contribution in [0.15, 0.2) is 0 Å². The smallest absolute Gasteiger partial charge is 0.325 e. The van der Waals surface area contributed by atoms with E-state index in [2.05, 4.69) is 0 Å². The highest BCUT2D eigenvalue weighted by molar-refractivity contribution is 7.51. The van der Waals surface area contributed by atoms with Crippen molar-refractivity contribution in [3.63, 3.8) is 0 Å². The zero-order chi connectivity index (χ0) is 12.3. The highest BCUT2D eigenvalue weighted by Gasteiger charge is 2.36. The molecule has 0 aliphatic carbocycles. The van der Waals surface area contributed by atoms with Crippen LogP contribution in [0.3, 0.4) is 0 Å². The van der Waals surface area contributed by atoms with Gasteiger partial charge < -0.3 is 19.1 Å². The Balaban J connectivity index is 2.61. The summed E-state index contributed by atoms with van der Waals surface area (Å²) in [4.78, 5) is 22.1. The molecule has 1 aliphatic heterocycles. The number of carbonyl (C=O) groups is 1. The molecule has 0 aromatic rings. The van der Waals surface area contributed by atoms with E-state index in [0.717, 1.165) is 6.66 Å². The minimum atomic E-state index is -3.50. The SMILES string of the molecule is COC[C@@H]1C[C@@H](OP(C)(=O)O)CN1C(C)=O. The van der Waals surface area contributed by atoms with Gasteiger partial charge in [0.25, 0.3) is 0 Å². The van der Waals surface area contributed by atoms with Gasteiger partial charge in [-0.3, -0.25) is 9.36 Å². The minimum absolute atomic E-state index is 0.0703. The van der Waals surface area contributed by atoms with Gasteiger partial charge >= 0.3 is 7.60 Å².